The molecule has 1 aromatic heterocycles. The molecule has 3 N–H and O–H groups in total. The van der Waals surface area contributed by atoms with Crippen LogP contribution in [0.25, 0.3) is 0 Å². The minimum atomic E-state index is -4.08. The number of amides is 1. The minimum Gasteiger partial charge on any atom is -0.457 e. The third-order valence-electron chi connectivity index (χ3n) is 3.51. The van der Waals surface area contributed by atoms with Crippen molar-refractivity contribution in [3.8, 4) is 11.5 Å². The van der Waals surface area contributed by atoms with Crippen LogP contribution in [0.5, 0.6) is 11.5 Å². The maximum absolute atomic E-state index is 11.9. The summed E-state index contributed by atoms with van der Waals surface area (Å²) in [6, 6.07) is 17.9. The quantitative estimate of drug-likeness (QED) is 0.564. The topological polar surface area (TPSA) is 138 Å². The zero-order valence-corrected chi connectivity index (χ0v) is 15.7. The van der Waals surface area contributed by atoms with Gasteiger partial charge in [-0.1, -0.05) is 18.2 Å². The minimum absolute atomic E-state index is 0.385. The molecule has 0 aliphatic carbocycles. The van der Waals surface area contributed by atoms with E-state index in [2.05, 4.69) is 5.32 Å². The van der Waals surface area contributed by atoms with Crippen LogP contribution in [0.3, 0.4) is 0 Å². The molecule has 0 bridgehead atoms. The molecule has 0 aliphatic heterocycles. The van der Waals surface area contributed by atoms with Crippen molar-refractivity contribution >= 4 is 27.6 Å². The van der Waals surface area contributed by atoms with E-state index in [1.54, 1.807) is 24.3 Å². The van der Waals surface area contributed by atoms with Crippen LogP contribution in [-0.2, 0) is 19.6 Å². The Kier molecular flexibility index (Phi) is 5.96. The van der Waals surface area contributed by atoms with Crippen molar-refractivity contribution in [2.75, 3.05) is 11.9 Å². The molecular weight excluding hydrogens is 400 g/mol. The van der Waals surface area contributed by atoms with E-state index in [-0.39, 0.29) is 5.76 Å². The maximum atomic E-state index is 11.9. The predicted molar refractivity (Wildman–Crippen MR) is 102 cm³/mol. The lowest BCUT2D eigenvalue weighted by molar-refractivity contribution is -0.119. The molecule has 0 aliphatic rings. The molecule has 3 rings (SSSR count). The van der Waals surface area contributed by atoms with Gasteiger partial charge in [0.05, 0.1) is 0 Å². The molecule has 0 atom stereocenters. The first-order valence-electron chi connectivity index (χ1n) is 8.24. The number of anilines is 1. The van der Waals surface area contributed by atoms with Crippen molar-refractivity contribution in [3.05, 3.63) is 72.5 Å². The van der Waals surface area contributed by atoms with Crippen LogP contribution < -0.4 is 15.2 Å². The number of rotatable bonds is 7. The summed E-state index contributed by atoms with van der Waals surface area (Å²) in [5.74, 6) is -0.706. The van der Waals surface area contributed by atoms with Crippen LogP contribution in [0.1, 0.15) is 10.6 Å². The molecule has 0 unspecified atom stereocenters. The molecule has 2 aromatic carbocycles. The lowest BCUT2D eigenvalue weighted by atomic mass is 10.3. The van der Waals surface area contributed by atoms with Crippen molar-refractivity contribution in [1.29, 1.82) is 0 Å². The summed E-state index contributed by atoms with van der Waals surface area (Å²) in [4.78, 5) is 23.7. The molecule has 0 saturated heterocycles. The van der Waals surface area contributed by atoms with Gasteiger partial charge in [0.25, 0.3) is 15.9 Å². The van der Waals surface area contributed by atoms with Gasteiger partial charge in [-0.25, -0.2) is 18.4 Å². The number of furan rings is 1. The van der Waals surface area contributed by atoms with Crippen LogP contribution in [0.15, 0.2) is 76.2 Å². The second-order valence-corrected chi connectivity index (χ2v) is 7.22. The number of nitrogens with two attached hydrogens (primary N) is 1. The summed E-state index contributed by atoms with van der Waals surface area (Å²) in [5, 5.41) is 6.86. The normalized spacial score (nSPS) is 10.9. The molecule has 1 amide bonds. The molecule has 29 heavy (non-hydrogen) atoms. The number of nitrogens with one attached hydrogen (secondary N) is 1. The Hall–Kier alpha value is -3.63. The molecule has 0 radical (unpaired) electrons. The average molecular weight is 416 g/mol. The maximum Gasteiger partial charge on any atom is 0.374 e. The largest absolute Gasteiger partial charge is 0.457 e. The second kappa shape index (κ2) is 8.59. The summed E-state index contributed by atoms with van der Waals surface area (Å²) in [6.07, 6.45) is 0. The molecular formula is C19H16N2O7S. The standard InChI is InChI=1S/C19H16N2O7S/c20-29(24,25)18-11-10-16(28-18)19(23)26-12-17(22)21-13-6-8-15(9-7-13)27-14-4-2-1-3-5-14/h1-11H,12H2,(H,21,22)(H2,20,24,25). The van der Waals surface area contributed by atoms with E-state index in [1.165, 1.54) is 0 Å². The summed E-state index contributed by atoms with van der Waals surface area (Å²) < 4.78 is 37.5. The van der Waals surface area contributed by atoms with Crippen LogP contribution in [-0.4, -0.2) is 26.9 Å². The van der Waals surface area contributed by atoms with Crippen LogP contribution in [0.4, 0.5) is 5.69 Å². The summed E-state index contributed by atoms with van der Waals surface area (Å²) in [6.45, 7) is -0.591. The predicted octanol–water partition coefficient (Wildman–Crippen LogP) is 2.51. The highest BCUT2D eigenvalue weighted by molar-refractivity contribution is 7.89. The third kappa shape index (κ3) is 5.67. The zero-order valence-electron chi connectivity index (χ0n) is 14.9. The Morgan fingerprint density at radius 1 is 0.931 bits per heavy atom. The van der Waals surface area contributed by atoms with Crippen molar-refractivity contribution in [2.45, 2.75) is 5.09 Å². The van der Waals surface area contributed by atoms with E-state index in [0.29, 0.717) is 17.2 Å². The fourth-order valence-electron chi connectivity index (χ4n) is 2.21. The van der Waals surface area contributed by atoms with E-state index < -0.39 is 33.6 Å². The first-order chi connectivity index (χ1) is 13.8. The van der Waals surface area contributed by atoms with Crippen molar-refractivity contribution in [3.63, 3.8) is 0 Å². The molecule has 3 aromatic rings. The fourth-order valence-corrected chi connectivity index (χ4v) is 2.68. The van der Waals surface area contributed by atoms with E-state index in [9.17, 15) is 18.0 Å². The first kappa shape index (κ1) is 20.1. The van der Waals surface area contributed by atoms with Gasteiger partial charge in [-0.15, -0.1) is 0 Å². The number of benzene rings is 2. The number of sulfonamides is 1. The summed E-state index contributed by atoms with van der Waals surface area (Å²) >= 11 is 0. The molecule has 10 heteroatoms. The van der Waals surface area contributed by atoms with Gasteiger partial charge in [0.1, 0.15) is 11.5 Å². The van der Waals surface area contributed by atoms with Gasteiger partial charge in [-0.2, -0.15) is 0 Å². The second-order valence-electron chi connectivity index (χ2n) is 5.73. The van der Waals surface area contributed by atoms with Crippen LogP contribution >= 0.6 is 0 Å². The van der Waals surface area contributed by atoms with E-state index in [0.717, 1.165) is 12.1 Å². The van der Waals surface area contributed by atoms with Gasteiger partial charge in [-0.05, 0) is 48.5 Å². The smallest absolute Gasteiger partial charge is 0.374 e. The average Bonchev–Trinajstić information content (AvgIpc) is 3.19. The highest BCUT2D eigenvalue weighted by Crippen LogP contribution is 2.22. The third-order valence-corrected chi connectivity index (χ3v) is 4.29. The van der Waals surface area contributed by atoms with Gasteiger partial charge in [-0.3, -0.25) is 4.79 Å². The highest BCUT2D eigenvalue weighted by Gasteiger charge is 2.19. The summed E-state index contributed by atoms with van der Waals surface area (Å²) in [7, 11) is -4.08. The van der Waals surface area contributed by atoms with E-state index >= 15 is 0 Å². The monoisotopic (exact) mass is 416 g/mol. The fraction of sp³-hybridized carbons (Fsp3) is 0.0526. The highest BCUT2D eigenvalue weighted by atomic mass is 32.2. The van der Waals surface area contributed by atoms with Gasteiger partial charge >= 0.3 is 5.97 Å². The number of hydrogen-bond donors (Lipinski definition) is 2. The molecule has 0 fully saturated rings. The lowest BCUT2D eigenvalue weighted by Gasteiger charge is -2.08. The molecule has 9 nitrogen and oxygen atoms in total. The number of carbonyl (C=O) groups is 2. The number of primary sulfonamides is 1. The van der Waals surface area contributed by atoms with Gasteiger partial charge in [0.2, 0.25) is 10.9 Å². The Balaban J connectivity index is 1.50. The first-order valence-corrected chi connectivity index (χ1v) is 9.78. The number of ether oxygens (including phenoxy) is 2. The summed E-state index contributed by atoms with van der Waals surface area (Å²) in [5.41, 5.74) is 0.473. The van der Waals surface area contributed by atoms with Crippen molar-refractivity contribution in [1.82, 2.24) is 0 Å². The van der Waals surface area contributed by atoms with Gasteiger partial charge in [0.15, 0.2) is 6.61 Å². The van der Waals surface area contributed by atoms with Crippen LogP contribution in [0.2, 0.25) is 0 Å². The lowest BCUT2D eigenvalue weighted by Crippen LogP contribution is -2.20. The SMILES string of the molecule is NS(=O)(=O)c1ccc(C(=O)OCC(=O)Nc2ccc(Oc3ccccc3)cc2)o1. The van der Waals surface area contributed by atoms with Crippen molar-refractivity contribution in [2.24, 2.45) is 5.14 Å². The number of para-hydroxylation sites is 1. The Morgan fingerprint density at radius 2 is 1.59 bits per heavy atom. The molecule has 1 heterocycles. The van der Waals surface area contributed by atoms with Gasteiger partial charge < -0.3 is 19.2 Å². The zero-order chi connectivity index (χ0) is 20.9. The van der Waals surface area contributed by atoms with E-state index in [1.807, 2.05) is 30.3 Å². The van der Waals surface area contributed by atoms with Gasteiger partial charge in [0, 0.05) is 5.69 Å². The van der Waals surface area contributed by atoms with Crippen LogP contribution in [0, 0.1) is 0 Å². The van der Waals surface area contributed by atoms with E-state index in [4.69, 9.17) is 19.0 Å². The molecule has 0 saturated carbocycles. The number of esters is 1. The van der Waals surface area contributed by atoms with Crippen molar-refractivity contribution < 1.29 is 31.9 Å². The Morgan fingerprint density at radius 3 is 2.21 bits per heavy atom. The Bertz CT molecular complexity index is 1110. The molecule has 150 valence electrons. The Labute approximate surface area is 166 Å². The number of hydrogen-bond acceptors (Lipinski definition) is 7. The number of carbonyl (C=O) groups excluding carboxylic acids is 2. The molecule has 0 spiro atoms.